The van der Waals surface area contributed by atoms with Crippen molar-refractivity contribution in [1.82, 2.24) is 14.5 Å². The average molecular weight is 595 g/mol. The van der Waals surface area contributed by atoms with E-state index in [1.807, 2.05) is 37.3 Å². The molecule has 1 amide bonds. The summed E-state index contributed by atoms with van der Waals surface area (Å²) in [6.07, 6.45) is 1.67. The van der Waals surface area contributed by atoms with Gasteiger partial charge in [-0.1, -0.05) is 66.2 Å². The molecule has 0 aliphatic carbocycles. The van der Waals surface area contributed by atoms with Crippen LogP contribution < -0.4 is 10.1 Å². The fourth-order valence-electron chi connectivity index (χ4n) is 3.81. The fraction of sp³-hybridized carbons (Fsp3) is 0.172. The van der Waals surface area contributed by atoms with Gasteiger partial charge in [0, 0.05) is 6.54 Å². The number of nitrogens with zero attached hydrogens (tertiary/aromatic N) is 2. The Balaban J connectivity index is 1.37. The molecule has 3 aromatic carbocycles. The van der Waals surface area contributed by atoms with Gasteiger partial charge in [0.1, 0.15) is 11.5 Å². The van der Waals surface area contributed by atoms with Crippen LogP contribution in [-0.4, -0.2) is 46.4 Å². The van der Waals surface area contributed by atoms with Crippen LogP contribution in [0.2, 0.25) is 0 Å². The molecule has 0 aliphatic heterocycles. The first-order chi connectivity index (χ1) is 19.6. The molecule has 41 heavy (non-hydrogen) atoms. The monoisotopic (exact) mass is 594 g/mol. The number of carbonyl (C=O) groups excluding carboxylic acids is 1. The molecule has 214 valence electrons. The zero-order valence-corrected chi connectivity index (χ0v) is 23.9. The smallest absolute Gasteiger partial charge is 0.255 e. The Morgan fingerprint density at radius 3 is 2.20 bits per heavy atom. The Morgan fingerprint density at radius 1 is 0.854 bits per heavy atom. The lowest BCUT2D eigenvalue weighted by Gasteiger charge is -2.21. The predicted octanol–water partition coefficient (Wildman–Crippen LogP) is 3.45. The second-order valence-electron chi connectivity index (χ2n) is 9.12. The number of amides is 1. The van der Waals surface area contributed by atoms with E-state index in [1.54, 1.807) is 42.5 Å². The molecule has 2 N–H and O–H groups in total. The maximum absolute atomic E-state index is 13.4. The van der Waals surface area contributed by atoms with E-state index in [2.05, 4.69) is 15.2 Å². The van der Waals surface area contributed by atoms with Crippen LogP contribution in [0.25, 0.3) is 0 Å². The Kier molecular flexibility index (Phi) is 9.84. The summed E-state index contributed by atoms with van der Waals surface area (Å²) in [5.74, 6) is -0.0200. The molecule has 0 saturated carbocycles. The molecular weight excluding hydrogens is 564 g/mol. The van der Waals surface area contributed by atoms with Crippen LogP contribution in [-0.2, 0) is 37.8 Å². The van der Waals surface area contributed by atoms with Crippen molar-refractivity contribution in [2.24, 2.45) is 5.10 Å². The number of furan rings is 1. The highest BCUT2D eigenvalue weighted by Crippen LogP contribution is 2.17. The zero-order chi connectivity index (χ0) is 29.3. The number of rotatable bonds is 13. The summed E-state index contributed by atoms with van der Waals surface area (Å²) in [7, 11) is -7.65. The summed E-state index contributed by atoms with van der Waals surface area (Å²) < 4.78 is 60.6. The van der Waals surface area contributed by atoms with E-state index in [9.17, 15) is 21.6 Å². The van der Waals surface area contributed by atoms with Crippen LogP contribution in [0.4, 0.5) is 0 Å². The highest BCUT2D eigenvalue weighted by Gasteiger charge is 2.26. The van der Waals surface area contributed by atoms with Gasteiger partial charge in [-0.05, 0) is 55.3 Å². The third kappa shape index (κ3) is 8.44. The average Bonchev–Trinajstić information content (AvgIpc) is 3.43. The van der Waals surface area contributed by atoms with Crippen molar-refractivity contribution in [2.45, 2.75) is 29.7 Å². The summed E-state index contributed by atoms with van der Waals surface area (Å²) in [6.45, 7) is 1.44. The van der Waals surface area contributed by atoms with Gasteiger partial charge in [0.15, 0.2) is 0 Å². The van der Waals surface area contributed by atoms with E-state index in [0.29, 0.717) is 12.2 Å². The van der Waals surface area contributed by atoms with E-state index in [4.69, 9.17) is 4.42 Å². The lowest BCUT2D eigenvalue weighted by Crippen LogP contribution is -2.40. The number of carbonyl (C=O) groups is 1. The predicted molar refractivity (Wildman–Crippen MR) is 155 cm³/mol. The Hall–Kier alpha value is -4.10. The molecule has 12 heteroatoms. The van der Waals surface area contributed by atoms with Crippen molar-refractivity contribution in [3.8, 4) is 0 Å². The van der Waals surface area contributed by atoms with Crippen LogP contribution in [0.15, 0.2) is 116 Å². The fourth-order valence-corrected chi connectivity index (χ4v) is 6.22. The minimum Gasteiger partial charge on any atom is -0.459 e. The van der Waals surface area contributed by atoms with Crippen molar-refractivity contribution < 1.29 is 26.0 Å². The lowest BCUT2D eigenvalue weighted by atomic mass is 10.1. The maximum atomic E-state index is 13.4. The van der Waals surface area contributed by atoms with Crippen LogP contribution in [0.5, 0.6) is 0 Å². The molecule has 0 radical (unpaired) electrons. The molecule has 0 unspecified atom stereocenters. The molecule has 4 aromatic rings. The molecule has 4 rings (SSSR count). The van der Waals surface area contributed by atoms with Crippen LogP contribution in [0.3, 0.4) is 0 Å². The minimum atomic E-state index is -3.95. The highest BCUT2D eigenvalue weighted by atomic mass is 32.2. The van der Waals surface area contributed by atoms with Crippen molar-refractivity contribution in [1.29, 1.82) is 0 Å². The molecule has 1 heterocycles. The molecule has 0 bridgehead atoms. The standard InChI is InChI=1S/C29H30N4O6S2/c1-23-12-16-28(17-13-23)41(37,38)33(19-18-24-8-4-2-5-9-24)22-29(34)32-30-20-25-14-15-26(39-25)21-31-40(35,36)27-10-6-3-7-11-27/h2-17,20,31H,18-19,21-22H2,1H3,(H,32,34)/b30-20-. The zero-order valence-electron chi connectivity index (χ0n) is 22.3. The molecule has 1 aromatic heterocycles. The molecule has 0 atom stereocenters. The van der Waals surface area contributed by atoms with E-state index in [-0.39, 0.29) is 28.6 Å². The Morgan fingerprint density at radius 2 is 1.51 bits per heavy atom. The van der Waals surface area contributed by atoms with Gasteiger partial charge in [-0.3, -0.25) is 4.79 Å². The number of nitrogens with one attached hydrogen (secondary N) is 2. The summed E-state index contributed by atoms with van der Waals surface area (Å²) in [6, 6.07) is 26.9. The van der Waals surface area contributed by atoms with Gasteiger partial charge in [-0.25, -0.2) is 27.0 Å². The summed E-state index contributed by atoms with van der Waals surface area (Å²) in [5.41, 5.74) is 4.19. The summed E-state index contributed by atoms with van der Waals surface area (Å²) in [5, 5.41) is 3.87. The largest absolute Gasteiger partial charge is 0.459 e. The second kappa shape index (κ2) is 13.5. The van der Waals surface area contributed by atoms with Crippen molar-refractivity contribution in [2.75, 3.05) is 13.1 Å². The van der Waals surface area contributed by atoms with Crippen LogP contribution in [0.1, 0.15) is 22.6 Å². The molecule has 0 fully saturated rings. The first-order valence-electron chi connectivity index (χ1n) is 12.7. The van der Waals surface area contributed by atoms with E-state index in [1.165, 1.54) is 30.5 Å². The molecule has 0 saturated heterocycles. The summed E-state index contributed by atoms with van der Waals surface area (Å²) >= 11 is 0. The van der Waals surface area contributed by atoms with Crippen molar-refractivity contribution in [3.63, 3.8) is 0 Å². The minimum absolute atomic E-state index is 0.0787. The van der Waals surface area contributed by atoms with E-state index < -0.39 is 32.5 Å². The number of hydrogen-bond donors (Lipinski definition) is 2. The Bertz CT molecular complexity index is 1690. The number of hydrazone groups is 1. The maximum Gasteiger partial charge on any atom is 0.255 e. The molecule has 0 aliphatic rings. The van der Waals surface area contributed by atoms with Gasteiger partial charge in [0.25, 0.3) is 5.91 Å². The van der Waals surface area contributed by atoms with Gasteiger partial charge in [-0.2, -0.15) is 9.41 Å². The number of hydrogen-bond acceptors (Lipinski definition) is 7. The van der Waals surface area contributed by atoms with Crippen LogP contribution in [0, 0.1) is 6.92 Å². The van der Waals surface area contributed by atoms with Gasteiger partial charge in [-0.15, -0.1) is 0 Å². The first kappa shape index (κ1) is 29.9. The lowest BCUT2D eigenvalue weighted by molar-refractivity contribution is -0.121. The van der Waals surface area contributed by atoms with Gasteiger partial charge in [0.2, 0.25) is 20.0 Å². The Labute approximate surface area is 239 Å². The SMILES string of the molecule is Cc1ccc(S(=O)(=O)N(CCc2ccccc2)CC(=O)N/N=C\c2ccc(CNS(=O)(=O)c3ccccc3)o2)cc1. The van der Waals surface area contributed by atoms with E-state index >= 15 is 0 Å². The van der Waals surface area contributed by atoms with Gasteiger partial charge >= 0.3 is 0 Å². The second-order valence-corrected chi connectivity index (χ2v) is 12.8. The van der Waals surface area contributed by atoms with Gasteiger partial charge < -0.3 is 4.42 Å². The molecular formula is C29H30N4O6S2. The van der Waals surface area contributed by atoms with Crippen molar-refractivity contribution in [3.05, 3.63) is 120 Å². The van der Waals surface area contributed by atoms with E-state index in [0.717, 1.165) is 15.4 Å². The molecule has 10 nitrogen and oxygen atoms in total. The molecule has 0 spiro atoms. The van der Waals surface area contributed by atoms with Crippen molar-refractivity contribution >= 4 is 32.2 Å². The first-order valence-corrected chi connectivity index (χ1v) is 15.6. The normalized spacial score (nSPS) is 12.1. The highest BCUT2D eigenvalue weighted by molar-refractivity contribution is 7.89. The van der Waals surface area contributed by atoms with Crippen LogP contribution >= 0.6 is 0 Å². The summed E-state index contributed by atoms with van der Waals surface area (Å²) in [4.78, 5) is 12.9. The third-order valence-electron chi connectivity index (χ3n) is 6.02. The number of benzene rings is 3. The third-order valence-corrected chi connectivity index (χ3v) is 9.30. The number of sulfonamides is 2. The topological polar surface area (TPSA) is 138 Å². The number of aryl methyl sites for hydroxylation is 1. The quantitative estimate of drug-likeness (QED) is 0.180. The van der Waals surface area contributed by atoms with Gasteiger partial charge in [0.05, 0.1) is 29.1 Å².